The molecule has 1 aliphatic rings. The zero-order chi connectivity index (χ0) is 18.8. The Morgan fingerprint density at radius 3 is 2.67 bits per heavy atom. The van der Waals surface area contributed by atoms with Crippen LogP contribution in [-0.4, -0.2) is 58.3 Å². The van der Waals surface area contributed by atoms with Crippen molar-refractivity contribution in [1.29, 1.82) is 0 Å². The fourth-order valence-electron chi connectivity index (χ4n) is 3.43. The molecule has 1 aromatic carbocycles. The summed E-state index contributed by atoms with van der Waals surface area (Å²) in [5.74, 6) is 1.64. The van der Waals surface area contributed by atoms with Crippen LogP contribution in [0.3, 0.4) is 0 Å². The summed E-state index contributed by atoms with van der Waals surface area (Å²) in [5, 5.41) is 12.9. The van der Waals surface area contributed by atoms with Gasteiger partial charge in [0.25, 0.3) is 0 Å². The summed E-state index contributed by atoms with van der Waals surface area (Å²) in [6.45, 7) is 6.10. The van der Waals surface area contributed by atoms with E-state index in [1.165, 1.54) is 5.06 Å². The van der Waals surface area contributed by atoms with E-state index < -0.39 is 0 Å². The molecular formula is C20H24N6O. The molecule has 7 heteroatoms. The third kappa shape index (κ3) is 3.84. The lowest BCUT2D eigenvalue weighted by Crippen LogP contribution is -2.45. The maximum Gasteiger partial charge on any atom is 0.132 e. The second kappa shape index (κ2) is 7.46. The maximum atomic E-state index is 10.7. The molecule has 3 aromatic rings. The highest BCUT2D eigenvalue weighted by Crippen LogP contribution is 2.25. The number of aryl methyl sites for hydroxylation is 1. The van der Waals surface area contributed by atoms with Crippen LogP contribution >= 0.6 is 0 Å². The van der Waals surface area contributed by atoms with Gasteiger partial charge in [0.05, 0.1) is 23.4 Å². The second-order valence-electron chi connectivity index (χ2n) is 6.96. The van der Waals surface area contributed by atoms with Crippen molar-refractivity contribution >= 4 is 22.4 Å². The van der Waals surface area contributed by atoms with E-state index in [0.717, 1.165) is 48.6 Å². The zero-order valence-corrected chi connectivity index (χ0v) is 15.7. The Balaban J connectivity index is 1.58. The molecule has 1 fully saturated rings. The Hall–Kier alpha value is -2.77. The van der Waals surface area contributed by atoms with Gasteiger partial charge < -0.3 is 9.80 Å². The summed E-state index contributed by atoms with van der Waals surface area (Å²) in [5.41, 5.74) is 2.23. The van der Waals surface area contributed by atoms with E-state index in [-0.39, 0.29) is 6.54 Å². The third-order valence-electron chi connectivity index (χ3n) is 4.91. The van der Waals surface area contributed by atoms with Gasteiger partial charge in [-0.25, -0.2) is 15.0 Å². The number of para-hydroxylation sites is 1. The normalized spacial score (nSPS) is 15.3. The largest absolute Gasteiger partial charge is 0.354 e. The maximum absolute atomic E-state index is 10.7. The Labute approximate surface area is 158 Å². The summed E-state index contributed by atoms with van der Waals surface area (Å²) >= 11 is 0. The van der Waals surface area contributed by atoms with Crippen LogP contribution in [0.15, 0.2) is 42.6 Å². The molecule has 1 aliphatic heterocycles. The molecule has 0 unspecified atom stereocenters. The minimum absolute atomic E-state index is 0.278. The molecule has 1 saturated heterocycles. The monoisotopic (exact) mass is 364 g/mol. The number of piperazine rings is 1. The first-order chi connectivity index (χ1) is 13.1. The molecule has 1 N–H and O–H groups in total. The van der Waals surface area contributed by atoms with E-state index in [0.29, 0.717) is 11.5 Å². The van der Waals surface area contributed by atoms with Crippen LogP contribution in [-0.2, 0) is 6.54 Å². The summed E-state index contributed by atoms with van der Waals surface area (Å²) in [6.07, 6.45) is 1.74. The minimum Gasteiger partial charge on any atom is -0.354 e. The molecule has 0 spiro atoms. The number of fused-ring (bicyclic) bond motifs is 1. The van der Waals surface area contributed by atoms with E-state index in [2.05, 4.69) is 31.8 Å². The molecule has 0 amide bonds. The predicted molar refractivity (Wildman–Crippen MR) is 106 cm³/mol. The third-order valence-corrected chi connectivity index (χ3v) is 4.91. The highest BCUT2D eigenvalue weighted by molar-refractivity contribution is 5.90. The van der Waals surface area contributed by atoms with Crippen LogP contribution in [0.1, 0.15) is 11.5 Å². The van der Waals surface area contributed by atoms with Crippen LogP contribution in [0.25, 0.3) is 10.9 Å². The number of rotatable bonds is 4. The Kier molecular flexibility index (Phi) is 4.87. The lowest BCUT2D eigenvalue weighted by molar-refractivity contribution is 0.249. The molecule has 0 aliphatic carbocycles. The molecule has 0 atom stereocenters. The molecule has 140 valence electrons. The predicted octanol–water partition coefficient (Wildman–Crippen LogP) is 2.48. The highest BCUT2D eigenvalue weighted by Gasteiger charge is 2.17. The number of hydrogen-bond acceptors (Lipinski definition) is 7. The van der Waals surface area contributed by atoms with Crippen molar-refractivity contribution in [3.8, 4) is 0 Å². The molecule has 2 aromatic heterocycles. The average molecular weight is 364 g/mol. The number of anilines is 2. The van der Waals surface area contributed by atoms with Crippen molar-refractivity contribution in [2.24, 2.45) is 0 Å². The van der Waals surface area contributed by atoms with Gasteiger partial charge in [-0.15, -0.1) is 0 Å². The highest BCUT2D eigenvalue weighted by atomic mass is 16.5. The van der Waals surface area contributed by atoms with Gasteiger partial charge in [0.2, 0.25) is 0 Å². The Bertz CT molecular complexity index is 933. The molecule has 0 radical (unpaired) electrons. The Morgan fingerprint density at radius 2 is 1.85 bits per heavy atom. The van der Waals surface area contributed by atoms with Gasteiger partial charge in [0.1, 0.15) is 11.6 Å². The van der Waals surface area contributed by atoms with Crippen molar-refractivity contribution in [3.63, 3.8) is 0 Å². The molecule has 0 saturated carbocycles. The average Bonchev–Trinajstić information content (AvgIpc) is 2.67. The number of pyridine rings is 1. The van der Waals surface area contributed by atoms with E-state index in [4.69, 9.17) is 0 Å². The van der Waals surface area contributed by atoms with E-state index in [9.17, 15) is 5.21 Å². The molecule has 27 heavy (non-hydrogen) atoms. The number of hydroxylamine groups is 1. The van der Waals surface area contributed by atoms with Gasteiger partial charge >= 0.3 is 0 Å². The van der Waals surface area contributed by atoms with Crippen molar-refractivity contribution < 1.29 is 5.21 Å². The SMILES string of the molecule is Cc1nc(CN(O)c2cccc3cccnc23)cc(N2CCN(C)CC2)n1. The number of aromatic nitrogens is 3. The van der Waals surface area contributed by atoms with E-state index in [1.54, 1.807) is 6.20 Å². The lowest BCUT2D eigenvalue weighted by atomic mass is 10.2. The first-order valence-corrected chi connectivity index (χ1v) is 9.18. The molecule has 0 bridgehead atoms. The fourth-order valence-corrected chi connectivity index (χ4v) is 3.43. The van der Waals surface area contributed by atoms with Gasteiger partial charge in [-0.2, -0.15) is 0 Å². The van der Waals surface area contributed by atoms with Crippen molar-refractivity contribution in [2.45, 2.75) is 13.5 Å². The molecule has 7 nitrogen and oxygen atoms in total. The second-order valence-corrected chi connectivity index (χ2v) is 6.96. The topological polar surface area (TPSA) is 68.6 Å². The van der Waals surface area contributed by atoms with Crippen molar-refractivity contribution in [3.05, 3.63) is 54.1 Å². The molecular weight excluding hydrogens is 340 g/mol. The van der Waals surface area contributed by atoms with Crippen molar-refractivity contribution in [2.75, 3.05) is 43.2 Å². The summed E-state index contributed by atoms with van der Waals surface area (Å²) < 4.78 is 0. The number of nitrogens with zero attached hydrogens (tertiary/aromatic N) is 6. The van der Waals surface area contributed by atoms with E-state index in [1.807, 2.05) is 43.3 Å². The van der Waals surface area contributed by atoms with Gasteiger partial charge in [-0.05, 0) is 26.1 Å². The van der Waals surface area contributed by atoms with Gasteiger partial charge in [0, 0.05) is 43.8 Å². The number of hydrogen-bond donors (Lipinski definition) is 1. The summed E-state index contributed by atoms with van der Waals surface area (Å²) in [7, 11) is 2.13. The smallest absolute Gasteiger partial charge is 0.132 e. The zero-order valence-electron chi connectivity index (χ0n) is 15.7. The van der Waals surface area contributed by atoms with Gasteiger partial charge in [-0.1, -0.05) is 18.2 Å². The van der Waals surface area contributed by atoms with E-state index >= 15 is 0 Å². The molecule has 4 rings (SSSR count). The Morgan fingerprint density at radius 1 is 1.07 bits per heavy atom. The van der Waals surface area contributed by atoms with Gasteiger partial charge in [-0.3, -0.25) is 10.2 Å². The fraction of sp³-hybridized carbons (Fsp3) is 0.350. The van der Waals surface area contributed by atoms with Crippen LogP contribution in [0, 0.1) is 6.92 Å². The number of benzene rings is 1. The van der Waals surface area contributed by atoms with Crippen LogP contribution in [0.4, 0.5) is 11.5 Å². The standard InChI is InChI=1S/C20H24N6O/c1-15-22-17(13-19(23-15)25-11-9-24(2)10-12-25)14-26(27)18-7-3-5-16-6-4-8-21-20(16)18/h3-8,13,27H,9-12,14H2,1-2H3. The molecule has 3 heterocycles. The van der Waals surface area contributed by atoms with Crippen molar-refractivity contribution in [1.82, 2.24) is 19.9 Å². The first kappa shape index (κ1) is 17.6. The lowest BCUT2D eigenvalue weighted by Gasteiger charge is -2.33. The van der Waals surface area contributed by atoms with Crippen LogP contribution in [0.5, 0.6) is 0 Å². The van der Waals surface area contributed by atoms with Crippen LogP contribution in [0.2, 0.25) is 0 Å². The minimum atomic E-state index is 0.278. The van der Waals surface area contributed by atoms with Crippen LogP contribution < -0.4 is 9.96 Å². The quantitative estimate of drug-likeness (QED) is 0.713. The summed E-state index contributed by atoms with van der Waals surface area (Å²) in [6, 6.07) is 11.6. The first-order valence-electron chi connectivity index (χ1n) is 9.18. The van der Waals surface area contributed by atoms with Gasteiger partial charge in [0.15, 0.2) is 0 Å². The number of likely N-dealkylation sites (N-methyl/N-ethyl adjacent to an activating group) is 1. The summed E-state index contributed by atoms with van der Waals surface area (Å²) in [4.78, 5) is 18.1.